The van der Waals surface area contributed by atoms with Crippen molar-refractivity contribution in [2.75, 3.05) is 39.3 Å². The van der Waals surface area contributed by atoms with Crippen LogP contribution in [0.3, 0.4) is 0 Å². The van der Waals surface area contributed by atoms with Gasteiger partial charge in [0.2, 0.25) is 11.8 Å². The molecule has 2 aliphatic heterocycles. The third-order valence-corrected chi connectivity index (χ3v) is 8.38. The molecule has 0 radical (unpaired) electrons. The molecular weight excluding hydrogens is 588 g/mol. The molecule has 0 spiro atoms. The highest BCUT2D eigenvalue weighted by atomic mass is 16.4. The number of rotatable bonds is 20. The Hall–Kier alpha value is -2.80. The number of likely N-dealkylation sites (tertiary alicyclic amines) is 2. The van der Waals surface area contributed by atoms with Crippen molar-refractivity contribution in [3.8, 4) is 0 Å². The van der Waals surface area contributed by atoms with Crippen molar-refractivity contribution in [2.45, 2.75) is 120 Å². The summed E-state index contributed by atoms with van der Waals surface area (Å²) < 4.78 is 0. The van der Waals surface area contributed by atoms with Crippen LogP contribution in [0.15, 0.2) is 11.4 Å². The summed E-state index contributed by atoms with van der Waals surface area (Å²) in [5.74, 6) is 2.73. The van der Waals surface area contributed by atoms with Crippen molar-refractivity contribution in [2.24, 2.45) is 0 Å². The zero-order valence-corrected chi connectivity index (χ0v) is 26.1. The zero-order chi connectivity index (χ0) is 33.2. The molecule has 0 aromatic rings. The molecule has 14 heteroatoms. The number of carbonyl (C=O) groups excluding carboxylic acids is 4. The first-order chi connectivity index (χ1) is 21.6. The van der Waals surface area contributed by atoms with Crippen LogP contribution in [0.4, 0.5) is 0 Å². The number of aliphatic hydroxyl groups is 6. The second kappa shape index (κ2) is 21.1. The third kappa shape index (κ3) is 13.2. The van der Waals surface area contributed by atoms with Crippen LogP contribution in [0.2, 0.25) is 0 Å². The summed E-state index contributed by atoms with van der Waals surface area (Å²) in [7, 11) is 0. The lowest BCUT2D eigenvalue weighted by Crippen LogP contribution is -2.54. The van der Waals surface area contributed by atoms with Gasteiger partial charge in [0.25, 0.3) is 0 Å². The third-order valence-electron chi connectivity index (χ3n) is 8.38. The molecule has 0 aliphatic carbocycles. The average molecular weight is 641 g/mol. The lowest BCUT2D eigenvalue weighted by molar-refractivity contribution is -0.129. The van der Waals surface area contributed by atoms with E-state index in [1.165, 1.54) is 0 Å². The maximum Gasteiger partial charge on any atom is 0.229 e. The van der Waals surface area contributed by atoms with E-state index >= 15 is 0 Å². The number of piperidine rings is 2. The standard InChI is InChI=1S/C31H52N4O10/c36-20-22-28(42)30(44)24(38)18-34(22)15-11-7-3-1-5-9-13-32-26(40)17-27(41)33-14-10-6-2-4-8-12-16-35-19-25(39)31(45)29(43)23(35)21-37/h24-25,28-31,38-39,42-45H,1-19H2,(H,32,40)(H,33,41)/t24-,25-,28-,29-,30+,31+/m0/s1. The van der Waals surface area contributed by atoms with Crippen LogP contribution in [-0.4, -0.2) is 140 Å². The lowest BCUT2D eigenvalue weighted by atomic mass is 9.98. The number of hydrogen-bond donors (Lipinski definition) is 8. The normalized spacial score (nSPS) is 25.1. The van der Waals surface area contributed by atoms with E-state index in [4.69, 9.17) is 0 Å². The van der Waals surface area contributed by atoms with Gasteiger partial charge < -0.3 is 51.1 Å². The first-order valence-electron chi connectivity index (χ1n) is 16.2. The monoisotopic (exact) mass is 640 g/mol. The number of amides is 2. The quantitative estimate of drug-likeness (QED) is 0.0434. The minimum atomic E-state index is -1.43. The number of nitrogens with one attached hydrogen (secondary N) is 2. The number of hydrogen-bond acceptors (Lipinski definition) is 12. The van der Waals surface area contributed by atoms with E-state index in [0.29, 0.717) is 26.2 Å². The van der Waals surface area contributed by atoms with Gasteiger partial charge in [-0.25, -0.2) is 9.59 Å². The highest BCUT2D eigenvalue weighted by molar-refractivity contribution is 5.96. The molecule has 2 heterocycles. The Labute approximate surface area is 264 Å². The number of β-amino-alcohol motifs (C(OH)–C–C–N with tert-alkyl or cyclic N) is 2. The van der Waals surface area contributed by atoms with Crippen molar-refractivity contribution < 1.29 is 49.8 Å². The summed E-state index contributed by atoms with van der Waals surface area (Å²) in [6.45, 7) is 2.14. The van der Waals surface area contributed by atoms with Gasteiger partial charge in [0, 0.05) is 39.3 Å². The van der Waals surface area contributed by atoms with Gasteiger partial charge in [-0.1, -0.05) is 51.4 Å². The first-order valence-corrected chi connectivity index (χ1v) is 16.2. The van der Waals surface area contributed by atoms with Crippen LogP contribution in [0, 0.1) is 0 Å². The molecule has 45 heavy (non-hydrogen) atoms. The Kier molecular flexibility index (Phi) is 18.0. The van der Waals surface area contributed by atoms with E-state index in [0.717, 1.165) is 77.0 Å². The fraction of sp³-hybridized carbons (Fsp3) is 0.806. The average Bonchev–Trinajstić information content (AvgIpc) is 3.01. The molecule has 14 nitrogen and oxygen atoms in total. The van der Waals surface area contributed by atoms with E-state index < -0.39 is 36.6 Å². The molecule has 256 valence electrons. The topological polar surface area (TPSA) is 220 Å². The van der Waals surface area contributed by atoms with Gasteiger partial charge in [-0.2, -0.15) is 0 Å². The van der Waals surface area contributed by atoms with E-state index in [2.05, 4.69) is 10.6 Å². The van der Waals surface area contributed by atoms with E-state index in [9.17, 15) is 49.8 Å². The molecular formula is C31H52N4O10. The Morgan fingerprint density at radius 3 is 1.27 bits per heavy atom. The fourth-order valence-corrected chi connectivity index (χ4v) is 5.65. The Balaban J connectivity index is 1.39. The highest BCUT2D eigenvalue weighted by Crippen LogP contribution is 2.22. The number of carbonyl (C=O) groups is 2. The first kappa shape index (κ1) is 38.4. The molecule has 0 aromatic heterocycles. The maximum atomic E-state index is 12.0. The minimum Gasteiger partial charge on any atom is -0.388 e. The molecule has 2 amide bonds. The van der Waals surface area contributed by atoms with Crippen LogP contribution in [0.5, 0.6) is 0 Å². The van der Waals surface area contributed by atoms with Gasteiger partial charge >= 0.3 is 0 Å². The van der Waals surface area contributed by atoms with Crippen molar-refractivity contribution in [3.63, 3.8) is 0 Å². The Morgan fingerprint density at radius 2 is 0.911 bits per heavy atom. The Bertz CT molecular complexity index is 938. The number of aliphatic hydroxyl groups excluding tert-OH is 6. The summed E-state index contributed by atoms with van der Waals surface area (Å²) >= 11 is 0. The fourth-order valence-electron chi connectivity index (χ4n) is 5.65. The molecule has 0 saturated carbocycles. The molecule has 0 unspecified atom stereocenters. The van der Waals surface area contributed by atoms with Crippen LogP contribution < -0.4 is 10.6 Å². The zero-order valence-electron chi connectivity index (χ0n) is 26.1. The second-order valence-corrected chi connectivity index (χ2v) is 12.0. The van der Waals surface area contributed by atoms with Gasteiger partial charge in [0.1, 0.15) is 66.3 Å². The second-order valence-electron chi connectivity index (χ2n) is 12.0. The smallest absolute Gasteiger partial charge is 0.229 e. The van der Waals surface area contributed by atoms with Crippen LogP contribution >= 0.6 is 0 Å². The largest absolute Gasteiger partial charge is 0.388 e. The summed E-state index contributed by atoms with van der Waals surface area (Å²) in [6, 6.07) is 0. The minimum absolute atomic E-state index is 0.0196. The lowest BCUT2D eigenvalue weighted by Gasteiger charge is -2.38. The highest BCUT2D eigenvalue weighted by Gasteiger charge is 2.38. The molecule has 2 aliphatic rings. The molecule has 2 rings (SSSR count). The van der Waals surface area contributed by atoms with Gasteiger partial charge in [0.15, 0.2) is 0 Å². The van der Waals surface area contributed by atoms with Crippen LogP contribution in [-0.2, 0) is 19.2 Å². The summed E-state index contributed by atoms with van der Waals surface area (Å²) in [5.41, 5.74) is -0.0392. The Morgan fingerprint density at radius 1 is 0.578 bits per heavy atom. The van der Waals surface area contributed by atoms with Gasteiger partial charge in [-0.15, -0.1) is 0 Å². The summed E-state index contributed by atoms with van der Waals surface area (Å²) in [5, 5.41) is 64.4. The summed E-state index contributed by atoms with van der Waals surface area (Å²) in [6.07, 6.45) is 2.55. The van der Waals surface area contributed by atoms with Crippen molar-refractivity contribution in [1.29, 1.82) is 0 Å². The molecule has 6 atom stereocenters. The van der Waals surface area contributed by atoms with E-state index in [1.807, 2.05) is 0 Å². The van der Waals surface area contributed by atoms with Crippen LogP contribution in [0.25, 0.3) is 0 Å². The predicted octanol–water partition coefficient (Wildman–Crippen LogP) is -1.48. The molecule has 8 N–H and O–H groups in total. The van der Waals surface area contributed by atoms with Gasteiger partial charge in [-0.05, 0) is 25.7 Å². The van der Waals surface area contributed by atoms with Crippen LogP contribution in [0.1, 0.15) is 83.5 Å². The predicted molar refractivity (Wildman–Crippen MR) is 164 cm³/mol. The molecule has 0 aromatic carbocycles. The van der Waals surface area contributed by atoms with Crippen molar-refractivity contribution in [1.82, 2.24) is 20.4 Å². The van der Waals surface area contributed by atoms with E-state index in [1.54, 1.807) is 21.7 Å². The number of unbranched alkanes of at least 4 members (excludes halogenated alkanes) is 10. The SMILES string of the molecule is O=C=C1[C@H](O)[C@H](O)[C@@H](O)CN1CCCCCCCCNC(=O)CC(=O)NCCCCCCCCN1C[C@H](O)[C@@H](O)[C@@H](O)C1=C=O. The molecule has 0 bridgehead atoms. The maximum absolute atomic E-state index is 12.0. The van der Waals surface area contributed by atoms with E-state index in [-0.39, 0.29) is 42.7 Å². The van der Waals surface area contributed by atoms with Gasteiger partial charge in [-0.3, -0.25) is 9.59 Å². The van der Waals surface area contributed by atoms with Crippen molar-refractivity contribution >= 4 is 23.7 Å². The van der Waals surface area contributed by atoms with Gasteiger partial charge in [0.05, 0.1) is 0 Å². The molecule has 2 saturated heterocycles. The van der Waals surface area contributed by atoms with Crippen molar-refractivity contribution in [3.05, 3.63) is 11.4 Å². The summed E-state index contributed by atoms with van der Waals surface area (Å²) in [4.78, 5) is 49.4. The molecule has 2 fully saturated rings. The number of nitrogens with zero attached hydrogens (tertiary/aromatic N) is 2.